The molecule has 1 N–H and O–H groups in total. The summed E-state index contributed by atoms with van der Waals surface area (Å²) in [6, 6.07) is 6.87. The van der Waals surface area contributed by atoms with Crippen LogP contribution in [-0.4, -0.2) is 12.2 Å². The molecule has 106 valence electrons. The molecule has 1 aliphatic rings. The average molecular weight is 272 g/mol. The Labute approximate surface area is 119 Å². The second kappa shape index (κ2) is 5.29. The summed E-state index contributed by atoms with van der Waals surface area (Å²) < 4.78 is 11.0. The van der Waals surface area contributed by atoms with Gasteiger partial charge in [0.15, 0.2) is 0 Å². The Balaban J connectivity index is 1.73. The minimum absolute atomic E-state index is 0.488. The maximum Gasteiger partial charge on any atom is 0.140 e. The molecule has 0 aliphatic heterocycles. The van der Waals surface area contributed by atoms with Crippen molar-refractivity contribution in [2.75, 3.05) is 7.05 Å². The Morgan fingerprint density at radius 3 is 2.95 bits per heavy atom. The highest BCUT2D eigenvalue weighted by Gasteiger charge is 2.21. The van der Waals surface area contributed by atoms with E-state index in [2.05, 4.69) is 22.6 Å². The first-order valence-electron chi connectivity index (χ1n) is 7.03. The maximum absolute atomic E-state index is 5.89. The van der Waals surface area contributed by atoms with Crippen molar-refractivity contribution in [2.45, 2.75) is 39.3 Å². The molecule has 0 saturated carbocycles. The van der Waals surface area contributed by atoms with Crippen LogP contribution in [0.2, 0.25) is 0 Å². The normalized spacial score (nSPS) is 17.2. The van der Waals surface area contributed by atoms with Crippen molar-refractivity contribution in [1.82, 2.24) is 10.5 Å². The minimum Gasteiger partial charge on any atom is -0.489 e. The molecule has 0 fully saturated rings. The third-order valence-corrected chi connectivity index (χ3v) is 4.11. The zero-order valence-corrected chi connectivity index (χ0v) is 12.2. The number of hydrogen-bond acceptors (Lipinski definition) is 4. The molecule has 0 spiro atoms. The van der Waals surface area contributed by atoms with Crippen LogP contribution in [0.3, 0.4) is 0 Å². The van der Waals surface area contributed by atoms with Crippen LogP contribution in [0, 0.1) is 13.8 Å². The summed E-state index contributed by atoms with van der Waals surface area (Å²) in [5.41, 5.74) is 4.73. The third-order valence-electron chi connectivity index (χ3n) is 4.11. The van der Waals surface area contributed by atoms with Gasteiger partial charge in [-0.05, 0) is 57.0 Å². The lowest BCUT2D eigenvalue weighted by atomic mass is 10.1. The molecule has 1 aromatic carbocycles. The standard InChI is InChI=1S/C16H20N2O2/c1-10-15(11(2)20-18-10)9-19-13-5-6-14-12(8-13)4-7-16(14)17-3/h5-6,8,16-17H,4,7,9H2,1-3H3. The number of aryl methyl sites for hydroxylation is 3. The molecule has 1 aliphatic carbocycles. The van der Waals surface area contributed by atoms with E-state index >= 15 is 0 Å². The van der Waals surface area contributed by atoms with Crippen LogP contribution >= 0.6 is 0 Å². The fourth-order valence-corrected chi connectivity index (χ4v) is 2.85. The van der Waals surface area contributed by atoms with Gasteiger partial charge in [-0.15, -0.1) is 0 Å². The van der Waals surface area contributed by atoms with Crippen LogP contribution in [0.15, 0.2) is 22.7 Å². The number of hydrogen-bond donors (Lipinski definition) is 1. The SMILES string of the molecule is CNC1CCc2cc(OCc3c(C)noc3C)ccc21. The molecular weight excluding hydrogens is 252 g/mol. The van der Waals surface area contributed by atoms with E-state index in [1.165, 1.54) is 17.5 Å². The largest absolute Gasteiger partial charge is 0.489 e. The highest BCUT2D eigenvalue weighted by molar-refractivity contribution is 5.40. The zero-order chi connectivity index (χ0) is 14.1. The van der Waals surface area contributed by atoms with Crippen LogP contribution in [0.4, 0.5) is 0 Å². The van der Waals surface area contributed by atoms with E-state index in [1.54, 1.807) is 0 Å². The molecule has 2 aromatic rings. The molecular formula is C16H20N2O2. The van der Waals surface area contributed by atoms with E-state index in [9.17, 15) is 0 Å². The van der Waals surface area contributed by atoms with Crippen LogP contribution in [0.25, 0.3) is 0 Å². The van der Waals surface area contributed by atoms with Crippen molar-refractivity contribution < 1.29 is 9.26 Å². The highest BCUT2D eigenvalue weighted by Crippen LogP contribution is 2.33. The van der Waals surface area contributed by atoms with Gasteiger partial charge in [-0.25, -0.2) is 0 Å². The predicted molar refractivity (Wildman–Crippen MR) is 76.9 cm³/mol. The number of fused-ring (bicyclic) bond motifs is 1. The molecule has 0 amide bonds. The minimum atomic E-state index is 0.488. The quantitative estimate of drug-likeness (QED) is 0.929. The van der Waals surface area contributed by atoms with E-state index in [0.717, 1.165) is 29.2 Å². The summed E-state index contributed by atoms with van der Waals surface area (Å²) in [7, 11) is 2.02. The number of benzene rings is 1. The van der Waals surface area contributed by atoms with Crippen molar-refractivity contribution in [3.63, 3.8) is 0 Å². The smallest absolute Gasteiger partial charge is 0.140 e. The summed E-state index contributed by atoms with van der Waals surface area (Å²) >= 11 is 0. The number of ether oxygens (including phenoxy) is 1. The van der Waals surface area contributed by atoms with Gasteiger partial charge in [0, 0.05) is 6.04 Å². The summed E-state index contributed by atoms with van der Waals surface area (Å²) in [5.74, 6) is 1.75. The summed E-state index contributed by atoms with van der Waals surface area (Å²) in [6.45, 7) is 4.36. The van der Waals surface area contributed by atoms with Crippen molar-refractivity contribution in [2.24, 2.45) is 0 Å². The monoisotopic (exact) mass is 272 g/mol. The van der Waals surface area contributed by atoms with Crippen LogP contribution in [-0.2, 0) is 13.0 Å². The van der Waals surface area contributed by atoms with Gasteiger partial charge in [-0.3, -0.25) is 0 Å². The zero-order valence-electron chi connectivity index (χ0n) is 12.2. The van der Waals surface area contributed by atoms with Crippen LogP contribution in [0.5, 0.6) is 5.75 Å². The average Bonchev–Trinajstić information content (AvgIpc) is 3.00. The van der Waals surface area contributed by atoms with Gasteiger partial charge >= 0.3 is 0 Å². The molecule has 1 unspecified atom stereocenters. The van der Waals surface area contributed by atoms with E-state index in [0.29, 0.717) is 12.6 Å². The van der Waals surface area contributed by atoms with Crippen LogP contribution in [0.1, 0.15) is 40.6 Å². The van der Waals surface area contributed by atoms with Gasteiger partial charge in [-0.1, -0.05) is 11.2 Å². The Hall–Kier alpha value is -1.81. The van der Waals surface area contributed by atoms with Crippen molar-refractivity contribution >= 4 is 0 Å². The molecule has 20 heavy (non-hydrogen) atoms. The molecule has 0 radical (unpaired) electrons. The van der Waals surface area contributed by atoms with Crippen molar-refractivity contribution in [1.29, 1.82) is 0 Å². The number of rotatable bonds is 4. The van der Waals surface area contributed by atoms with Gasteiger partial charge < -0.3 is 14.6 Å². The van der Waals surface area contributed by atoms with Crippen LogP contribution < -0.4 is 10.1 Å². The first kappa shape index (κ1) is 13.2. The van der Waals surface area contributed by atoms with Gasteiger partial charge in [0.25, 0.3) is 0 Å². The molecule has 1 heterocycles. The molecule has 0 bridgehead atoms. The lowest BCUT2D eigenvalue weighted by Crippen LogP contribution is -2.12. The van der Waals surface area contributed by atoms with E-state index in [1.807, 2.05) is 27.0 Å². The number of nitrogens with one attached hydrogen (secondary N) is 1. The van der Waals surface area contributed by atoms with Crippen molar-refractivity contribution in [3.8, 4) is 5.75 Å². The van der Waals surface area contributed by atoms with E-state index < -0.39 is 0 Å². The Kier molecular flexibility index (Phi) is 3.49. The first-order valence-corrected chi connectivity index (χ1v) is 7.03. The predicted octanol–water partition coefficient (Wildman–Crippen LogP) is 3.08. The molecule has 3 rings (SSSR count). The lowest BCUT2D eigenvalue weighted by Gasteiger charge is -2.11. The summed E-state index contributed by atoms with van der Waals surface area (Å²) in [6.07, 6.45) is 2.28. The van der Waals surface area contributed by atoms with Crippen molar-refractivity contribution in [3.05, 3.63) is 46.3 Å². The lowest BCUT2D eigenvalue weighted by molar-refractivity contribution is 0.301. The van der Waals surface area contributed by atoms with Gasteiger partial charge in [0.2, 0.25) is 0 Å². The summed E-state index contributed by atoms with van der Waals surface area (Å²) in [5, 5.41) is 7.29. The molecule has 1 atom stereocenters. The van der Waals surface area contributed by atoms with Gasteiger partial charge in [0.05, 0.1) is 11.3 Å². The Morgan fingerprint density at radius 2 is 2.25 bits per heavy atom. The first-order chi connectivity index (χ1) is 9.69. The molecule has 4 nitrogen and oxygen atoms in total. The maximum atomic E-state index is 5.89. The molecule has 1 aromatic heterocycles. The Morgan fingerprint density at radius 1 is 1.40 bits per heavy atom. The fraction of sp³-hybridized carbons (Fsp3) is 0.438. The highest BCUT2D eigenvalue weighted by atomic mass is 16.5. The summed E-state index contributed by atoms with van der Waals surface area (Å²) in [4.78, 5) is 0. The van der Waals surface area contributed by atoms with Gasteiger partial charge in [0.1, 0.15) is 18.1 Å². The number of aromatic nitrogens is 1. The fourth-order valence-electron chi connectivity index (χ4n) is 2.85. The third kappa shape index (κ3) is 2.31. The number of nitrogens with zero attached hydrogens (tertiary/aromatic N) is 1. The molecule has 4 heteroatoms. The van der Waals surface area contributed by atoms with E-state index in [-0.39, 0.29) is 0 Å². The van der Waals surface area contributed by atoms with Gasteiger partial charge in [-0.2, -0.15) is 0 Å². The van der Waals surface area contributed by atoms with E-state index in [4.69, 9.17) is 9.26 Å². The second-order valence-corrected chi connectivity index (χ2v) is 5.33. The Bertz CT molecular complexity index is 599. The second-order valence-electron chi connectivity index (χ2n) is 5.33. The molecule has 0 saturated heterocycles. The topological polar surface area (TPSA) is 47.3 Å².